The van der Waals surface area contributed by atoms with E-state index in [0.29, 0.717) is 12.0 Å². The van der Waals surface area contributed by atoms with Gasteiger partial charge in [-0.05, 0) is 36.8 Å². The fourth-order valence-electron chi connectivity index (χ4n) is 4.69. The molecule has 146 valence electrons. The van der Waals surface area contributed by atoms with Gasteiger partial charge in [0.1, 0.15) is 7.14 Å². The van der Waals surface area contributed by atoms with Crippen molar-refractivity contribution >= 4 is 13.2 Å². The van der Waals surface area contributed by atoms with Gasteiger partial charge in [0.15, 0.2) is 0 Å². The van der Waals surface area contributed by atoms with Crippen LogP contribution >= 0.6 is 7.14 Å². The molecule has 0 spiro atoms. The summed E-state index contributed by atoms with van der Waals surface area (Å²) in [5, 5.41) is 0. The number of carbonyl (C=O) groups excluding carboxylic acids is 1. The number of methoxy groups -OCH3 is 1. The highest BCUT2D eigenvalue weighted by Crippen LogP contribution is 2.81. The Morgan fingerprint density at radius 2 is 1.50 bits per heavy atom. The Hall–Kier alpha value is -2.32. The van der Waals surface area contributed by atoms with Crippen molar-refractivity contribution in [2.45, 2.75) is 37.0 Å². The molecule has 0 aliphatic carbocycles. The molecule has 4 nitrogen and oxygen atoms in total. The molecule has 0 N–H and O–H groups in total. The van der Waals surface area contributed by atoms with Gasteiger partial charge in [0, 0.05) is 17.9 Å². The van der Waals surface area contributed by atoms with Crippen LogP contribution in [0.2, 0.25) is 0 Å². The van der Waals surface area contributed by atoms with Crippen LogP contribution in [0.4, 0.5) is 4.79 Å². The number of benzene rings is 2. The third-order valence-corrected chi connectivity index (χ3v) is 10.1. The monoisotopic (exact) mass is 395 g/mol. The molecule has 0 aromatic heterocycles. The topological polar surface area (TPSA) is 46.6 Å². The summed E-state index contributed by atoms with van der Waals surface area (Å²) in [5.74, 6) is 0. The average Bonchev–Trinajstić information content (AvgIpc) is 3.12. The predicted molar refractivity (Wildman–Crippen MR) is 112 cm³/mol. The van der Waals surface area contributed by atoms with Crippen molar-refractivity contribution in [3.63, 3.8) is 0 Å². The van der Waals surface area contributed by atoms with E-state index >= 15 is 0 Å². The van der Waals surface area contributed by atoms with E-state index < -0.39 is 13.2 Å². The summed E-state index contributed by atoms with van der Waals surface area (Å²) in [4.78, 5) is 14.1. The van der Waals surface area contributed by atoms with Gasteiger partial charge in [-0.15, -0.1) is 0 Å². The van der Waals surface area contributed by atoms with Crippen LogP contribution in [0.5, 0.6) is 0 Å². The molecule has 0 unspecified atom stereocenters. The zero-order valence-corrected chi connectivity index (χ0v) is 17.1. The zero-order chi connectivity index (χ0) is 19.6. The lowest BCUT2D eigenvalue weighted by Crippen LogP contribution is -2.34. The molecule has 2 aromatic carbocycles. The molecule has 2 aliphatic rings. The Morgan fingerprint density at radius 1 is 0.964 bits per heavy atom. The molecule has 2 heterocycles. The molecule has 5 heteroatoms. The number of ether oxygens (including phenoxy) is 1. The number of hydrogen-bond acceptors (Lipinski definition) is 3. The van der Waals surface area contributed by atoms with Gasteiger partial charge in [0.2, 0.25) is 0 Å². The first-order chi connectivity index (χ1) is 13.7. The lowest BCUT2D eigenvalue weighted by atomic mass is 10.0. The third-order valence-electron chi connectivity index (χ3n) is 5.95. The minimum absolute atomic E-state index is 0.0737. The van der Waals surface area contributed by atoms with Crippen LogP contribution in [-0.2, 0) is 9.30 Å². The smallest absolute Gasteiger partial charge is 0.414 e. The Morgan fingerprint density at radius 3 is 2.00 bits per heavy atom. The molecule has 1 saturated heterocycles. The van der Waals surface area contributed by atoms with Crippen molar-refractivity contribution in [3.8, 4) is 0 Å². The molecular weight excluding hydrogens is 369 g/mol. The maximum absolute atomic E-state index is 14.9. The van der Waals surface area contributed by atoms with Crippen molar-refractivity contribution in [1.82, 2.24) is 4.90 Å². The summed E-state index contributed by atoms with van der Waals surface area (Å²) in [6, 6.07) is 20.2. The zero-order valence-electron chi connectivity index (χ0n) is 16.2. The van der Waals surface area contributed by atoms with Gasteiger partial charge in [-0.2, -0.15) is 0 Å². The van der Waals surface area contributed by atoms with Crippen LogP contribution in [0.15, 0.2) is 72.2 Å². The normalized spacial score (nSPS) is 23.9. The van der Waals surface area contributed by atoms with Crippen LogP contribution in [0.1, 0.15) is 48.1 Å². The number of carbonyl (C=O) groups is 1. The second kappa shape index (κ2) is 7.97. The largest absolute Gasteiger partial charge is 0.452 e. The van der Waals surface area contributed by atoms with Crippen LogP contribution in [0.3, 0.4) is 0 Å². The molecular formula is C23H26NO3P. The summed E-state index contributed by atoms with van der Waals surface area (Å²) >= 11 is 0. The fraction of sp³-hybridized carbons (Fsp3) is 0.348. The summed E-state index contributed by atoms with van der Waals surface area (Å²) in [6.45, 7) is 0.561. The maximum atomic E-state index is 14.9. The second-order valence-electron chi connectivity index (χ2n) is 7.47. The molecule has 4 rings (SSSR count). The van der Waals surface area contributed by atoms with Gasteiger partial charge in [0.05, 0.1) is 12.5 Å². The van der Waals surface area contributed by atoms with E-state index in [0.717, 1.165) is 36.8 Å². The Labute approximate surface area is 166 Å². The predicted octanol–water partition coefficient (Wildman–Crippen LogP) is 6.33. The van der Waals surface area contributed by atoms with Crippen molar-refractivity contribution in [1.29, 1.82) is 0 Å². The first kappa shape index (κ1) is 19.0. The second-order valence-corrected chi connectivity index (χ2v) is 10.6. The summed E-state index contributed by atoms with van der Waals surface area (Å²) in [6.07, 6.45) is 5.03. The highest BCUT2D eigenvalue weighted by atomic mass is 31.2. The molecule has 0 saturated carbocycles. The van der Waals surface area contributed by atoms with Gasteiger partial charge in [0.25, 0.3) is 0 Å². The summed E-state index contributed by atoms with van der Waals surface area (Å²) < 4.78 is 20.0. The average molecular weight is 395 g/mol. The molecule has 2 atom stereocenters. The van der Waals surface area contributed by atoms with Crippen molar-refractivity contribution in [3.05, 3.63) is 83.3 Å². The van der Waals surface area contributed by atoms with E-state index in [4.69, 9.17) is 4.74 Å². The molecule has 1 fully saturated rings. The first-order valence-electron chi connectivity index (χ1n) is 9.91. The third kappa shape index (κ3) is 3.20. The lowest BCUT2D eigenvalue weighted by molar-refractivity contribution is 0.136. The minimum atomic E-state index is -2.95. The SMILES string of the molecule is COC(=O)N1CCCC=C1P1(=O)[C@H](c2ccccc2)CC[C@H]1c1ccccc1. The van der Waals surface area contributed by atoms with Gasteiger partial charge < -0.3 is 9.30 Å². The van der Waals surface area contributed by atoms with Crippen LogP contribution in [-0.4, -0.2) is 24.6 Å². The van der Waals surface area contributed by atoms with E-state index in [9.17, 15) is 9.36 Å². The number of allylic oxidation sites excluding steroid dienone is 1. The van der Waals surface area contributed by atoms with E-state index in [2.05, 4.69) is 24.3 Å². The molecule has 1 amide bonds. The van der Waals surface area contributed by atoms with Crippen LogP contribution < -0.4 is 0 Å². The van der Waals surface area contributed by atoms with Crippen LogP contribution in [0, 0.1) is 0 Å². The Balaban J connectivity index is 1.85. The van der Waals surface area contributed by atoms with E-state index in [1.54, 1.807) is 4.90 Å². The molecule has 28 heavy (non-hydrogen) atoms. The van der Waals surface area contributed by atoms with E-state index in [1.165, 1.54) is 7.11 Å². The number of hydrogen-bond donors (Lipinski definition) is 0. The Kier molecular flexibility index (Phi) is 5.41. The molecule has 2 aromatic rings. The molecule has 2 aliphatic heterocycles. The number of nitrogens with zero attached hydrogens (tertiary/aromatic N) is 1. The maximum Gasteiger partial charge on any atom is 0.414 e. The summed E-state index contributed by atoms with van der Waals surface area (Å²) in [5.41, 5.74) is 2.75. The van der Waals surface area contributed by atoms with Crippen molar-refractivity contribution in [2.24, 2.45) is 0 Å². The highest BCUT2D eigenvalue weighted by Gasteiger charge is 2.52. The molecule has 0 radical (unpaired) electrons. The van der Waals surface area contributed by atoms with Crippen LogP contribution in [0.25, 0.3) is 0 Å². The first-order valence-corrected chi connectivity index (χ1v) is 11.8. The summed E-state index contributed by atoms with van der Waals surface area (Å²) in [7, 11) is -1.56. The minimum Gasteiger partial charge on any atom is -0.452 e. The number of rotatable bonds is 3. The van der Waals surface area contributed by atoms with E-state index in [1.807, 2.05) is 42.5 Å². The number of amides is 1. The Bertz CT molecular complexity index is 858. The lowest BCUT2D eigenvalue weighted by Gasteiger charge is -2.36. The quantitative estimate of drug-likeness (QED) is 0.571. The van der Waals surface area contributed by atoms with Gasteiger partial charge in [-0.25, -0.2) is 4.79 Å². The fourth-order valence-corrected chi connectivity index (χ4v) is 9.04. The van der Waals surface area contributed by atoms with Gasteiger partial charge in [-0.1, -0.05) is 66.7 Å². The van der Waals surface area contributed by atoms with Crippen molar-refractivity contribution < 1.29 is 14.1 Å². The standard InChI is InChI=1S/C23H26NO3P/c1-27-23(25)24-17-9-8-14-22(24)28(26)20(18-10-4-2-5-11-18)15-16-21(28)19-12-6-3-7-13-19/h2-7,10-14,20-21H,8-9,15-17H2,1H3/t20-,21-/m0/s1. The van der Waals surface area contributed by atoms with Gasteiger partial charge >= 0.3 is 6.09 Å². The van der Waals surface area contributed by atoms with E-state index in [-0.39, 0.29) is 11.3 Å². The van der Waals surface area contributed by atoms with Gasteiger partial charge in [-0.3, -0.25) is 4.90 Å². The highest BCUT2D eigenvalue weighted by molar-refractivity contribution is 7.69. The van der Waals surface area contributed by atoms with Crippen molar-refractivity contribution in [2.75, 3.05) is 13.7 Å². The molecule has 0 bridgehead atoms.